The van der Waals surface area contributed by atoms with Gasteiger partial charge in [-0.15, -0.1) is 0 Å². The van der Waals surface area contributed by atoms with Gasteiger partial charge < -0.3 is 10.0 Å². The van der Waals surface area contributed by atoms with Gasteiger partial charge in [-0.1, -0.05) is 32.6 Å². The predicted molar refractivity (Wildman–Crippen MR) is 82.0 cm³/mol. The molecule has 0 spiro atoms. The van der Waals surface area contributed by atoms with Crippen LogP contribution >= 0.6 is 0 Å². The second-order valence-electron chi connectivity index (χ2n) is 7.04. The topological polar surface area (TPSA) is 57.6 Å². The van der Waals surface area contributed by atoms with E-state index in [2.05, 4.69) is 6.92 Å². The SMILES string of the molecule is CCC1CCN(C(=O)CC2(CC(=O)O)CCCCC2)CC1. The fourth-order valence-corrected chi connectivity index (χ4v) is 4.06. The summed E-state index contributed by atoms with van der Waals surface area (Å²) >= 11 is 0. The number of hydrogen-bond acceptors (Lipinski definition) is 2. The van der Waals surface area contributed by atoms with Crippen LogP contribution in [0.5, 0.6) is 0 Å². The summed E-state index contributed by atoms with van der Waals surface area (Å²) in [6.45, 7) is 3.94. The summed E-state index contributed by atoms with van der Waals surface area (Å²) in [6.07, 6.45) is 9.12. The Morgan fingerprint density at radius 3 is 2.24 bits per heavy atom. The zero-order chi connectivity index (χ0) is 15.3. The van der Waals surface area contributed by atoms with Gasteiger partial charge in [-0.3, -0.25) is 9.59 Å². The van der Waals surface area contributed by atoms with E-state index in [1.165, 1.54) is 12.8 Å². The van der Waals surface area contributed by atoms with E-state index in [0.29, 0.717) is 6.42 Å². The van der Waals surface area contributed by atoms with Gasteiger partial charge in [0.05, 0.1) is 6.42 Å². The molecule has 1 saturated heterocycles. The van der Waals surface area contributed by atoms with Gasteiger partial charge in [0.2, 0.25) is 5.91 Å². The van der Waals surface area contributed by atoms with Crippen LogP contribution < -0.4 is 0 Å². The molecule has 1 aliphatic heterocycles. The summed E-state index contributed by atoms with van der Waals surface area (Å²) in [6, 6.07) is 0. The van der Waals surface area contributed by atoms with Crippen molar-refractivity contribution >= 4 is 11.9 Å². The number of carboxylic acids is 1. The van der Waals surface area contributed by atoms with Crippen LogP contribution in [-0.4, -0.2) is 35.0 Å². The fourth-order valence-electron chi connectivity index (χ4n) is 4.06. The zero-order valence-electron chi connectivity index (χ0n) is 13.3. The summed E-state index contributed by atoms with van der Waals surface area (Å²) in [4.78, 5) is 25.7. The Balaban J connectivity index is 1.93. The standard InChI is InChI=1S/C17H29NO3/c1-2-14-6-10-18(11-7-14)15(19)12-17(13-16(20)21)8-4-3-5-9-17/h14H,2-13H2,1H3,(H,20,21). The molecule has 0 aromatic heterocycles. The Morgan fingerprint density at radius 1 is 1.10 bits per heavy atom. The summed E-state index contributed by atoms with van der Waals surface area (Å²) in [5.74, 6) is 0.193. The second-order valence-corrected chi connectivity index (χ2v) is 7.04. The van der Waals surface area contributed by atoms with Crippen LogP contribution in [0.1, 0.15) is 71.1 Å². The van der Waals surface area contributed by atoms with E-state index in [1.54, 1.807) is 0 Å². The van der Waals surface area contributed by atoms with Crippen molar-refractivity contribution < 1.29 is 14.7 Å². The highest BCUT2D eigenvalue weighted by Gasteiger charge is 2.38. The Bertz CT molecular complexity index is 366. The molecule has 2 fully saturated rings. The molecule has 1 N–H and O–H groups in total. The maximum Gasteiger partial charge on any atom is 0.303 e. The number of carboxylic acid groups (broad SMARTS) is 1. The quantitative estimate of drug-likeness (QED) is 0.845. The molecule has 0 unspecified atom stereocenters. The Hall–Kier alpha value is -1.06. The molecule has 0 aromatic rings. The lowest BCUT2D eigenvalue weighted by atomic mass is 9.69. The van der Waals surface area contributed by atoms with Crippen LogP contribution in [0.15, 0.2) is 0 Å². The van der Waals surface area contributed by atoms with E-state index < -0.39 is 5.97 Å². The summed E-state index contributed by atoms with van der Waals surface area (Å²) in [7, 11) is 0. The molecule has 4 heteroatoms. The van der Waals surface area contributed by atoms with Crippen LogP contribution in [0.25, 0.3) is 0 Å². The van der Waals surface area contributed by atoms with Crippen molar-refractivity contribution in [3.05, 3.63) is 0 Å². The summed E-state index contributed by atoms with van der Waals surface area (Å²) in [5.41, 5.74) is -0.275. The molecule has 21 heavy (non-hydrogen) atoms. The van der Waals surface area contributed by atoms with Crippen molar-refractivity contribution in [3.8, 4) is 0 Å². The van der Waals surface area contributed by atoms with Crippen molar-refractivity contribution in [2.24, 2.45) is 11.3 Å². The van der Waals surface area contributed by atoms with Gasteiger partial charge in [-0.2, -0.15) is 0 Å². The highest BCUT2D eigenvalue weighted by atomic mass is 16.4. The van der Waals surface area contributed by atoms with Gasteiger partial charge >= 0.3 is 5.97 Å². The monoisotopic (exact) mass is 295 g/mol. The molecule has 1 saturated carbocycles. The molecule has 0 bridgehead atoms. The van der Waals surface area contributed by atoms with Crippen LogP contribution in [0.4, 0.5) is 0 Å². The summed E-state index contributed by atoms with van der Waals surface area (Å²) in [5, 5.41) is 9.20. The third-order valence-corrected chi connectivity index (χ3v) is 5.51. The molecule has 120 valence electrons. The largest absolute Gasteiger partial charge is 0.481 e. The van der Waals surface area contributed by atoms with E-state index in [9.17, 15) is 14.7 Å². The first kappa shape index (κ1) is 16.3. The van der Waals surface area contributed by atoms with E-state index >= 15 is 0 Å². The molecular formula is C17H29NO3. The molecule has 0 atom stereocenters. The highest BCUT2D eigenvalue weighted by molar-refractivity contribution is 5.78. The zero-order valence-corrected chi connectivity index (χ0v) is 13.3. The predicted octanol–water partition coefficient (Wildman–Crippen LogP) is 3.45. The minimum atomic E-state index is -0.755. The van der Waals surface area contributed by atoms with Gasteiger partial charge in [-0.25, -0.2) is 0 Å². The Kier molecular flexibility index (Phi) is 5.65. The van der Waals surface area contributed by atoms with Gasteiger partial charge in [0.1, 0.15) is 0 Å². The fraction of sp³-hybridized carbons (Fsp3) is 0.882. The smallest absolute Gasteiger partial charge is 0.303 e. The average molecular weight is 295 g/mol. The third kappa shape index (κ3) is 4.45. The minimum Gasteiger partial charge on any atom is -0.481 e. The number of carbonyl (C=O) groups is 2. The molecule has 0 aromatic carbocycles. The Morgan fingerprint density at radius 2 is 1.71 bits per heavy atom. The third-order valence-electron chi connectivity index (χ3n) is 5.51. The highest BCUT2D eigenvalue weighted by Crippen LogP contribution is 2.43. The van der Waals surface area contributed by atoms with Crippen LogP contribution in [-0.2, 0) is 9.59 Å². The van der Waals surface area contributed by atoms with Crippen LogP contribution in [0.2, 0.25) is 0 Å². The summed E-state index contributed by atoms with van der Waals surface area (Å²) < 4.78 is 0. The van der Waals surface area contributed by atoms with Crippen molar-refractivity contribution in [2.75, 3.05) is 13.1 Å². The van der Waals surface area contributed by atoms with Crippen molar-refractivity contribution in [1.82, 2.24) is 4.90 Å². The molecule has 0 radical (unpaired) electrons. The number of nitrogens with zero attached hydrogens (tertiary/aromatic N) is 1. The lowest BCUT2D eigenvalue weighted by Gasteiger charge is -2.39. The minimum absolute atomic E-state index is 0.157. The molecule has 2 aliphatic rings. The molecule has 1 heterocycles. The van der Waals surface area contributed by atoms with Gasteiger partial charge in [-0.05, 0) is 37.0 Å². The van der Waals surface area contributed by atoms with Crippen LogP contribution in [0, 0.1) is 11.3 Å². The first-order valence-electron chi connectivity index (χ1n) is 8.54. The van der Waals surface area contributed by atoms with Crippen molar-refractivity contribution in [2.45, 2.75) is 71.1 Å². The molecule has 2 rings (SSSR count). The maximum atomic E-state index is 12.6. The number of piperidine rings is 1. The first-order chi connectivity index (χ1) is 10.0. The van der Waals surface area contributed by atoms with Crippen LogP contribution in [0.3, 0.4) is 0 Å². The number of aliphatic carboxylic acids is 1. The number of hydrogen-bond donors (Lipinski definition) is 1. The molecule has 1 amide bonds. The molecular weight excluding hydrogens is 266 g/mol. The van der Waals surface area contributed by atoms with Gasteiger partial charge in [0.15, 0.2) is 0 Å². The maximum absolute atomic E-state index is 12.6. The number of amides is 1. The normalized spacial score (nSPS) is 23.0. The van der Waals surface area contributed by atoms with Gasteiger partial charge in [0, 0.05) is 19.5 Å². The van der Waals surface area contributed by atoms with E-state index in [1.807, 2.05) is 4.90 Å². The van der Waals surface area contributed by atoms with Crippen molar-refractivity contribution in [3.63, 3.8) is 0 Å². The van der Waals surface area contributed by atoms with E-state index in [0.717, 1.165) is 57.5 Å². The van der Waals surface area contributed by atoms with Crippen molar-refractivity contribution in [1.29, 1.82) is 0 Å². The lowest BCUT2D eigenvalue weighted by Crippen LogP contribution is -2.42. The molecule has 1 aliphatic carbocycles. The number of rotatable bonds is 5. The Labute approximate surface area is 127 Å². The lowest BCUT2D eigenvalue weighted by molar-refractivity contribution is -0.143. The first-order valence-corrected chi connectivity index (χ1v) is 8.54. The second kappa shape index (κ2) is 7.28. The van der Waals surface area contributed by atoms with E-state index in [-0.39, 0.29) is 17.7 Å². The average Bonchev–Trinajstić information content (AvgIpc) is 2.47. The van der Waals surface area contributed by atoms with E-state index in [4.69, 9.17) is 0 Å². The van der Waals surface area contributed by atoms with Gasteiger partial charge in [0.25, 0.3) is 0 Å². The number of likely N-dealkylation sites (tertiary alicyclic amines) is 1. The number of carbonyl (C=O) groups excluding carboxylic acids is 1. The molecule has 4 nitrogen and oxygen atoms in total.